The quantitative estimate of drug-likeness (QED) is 0.162. The molecule has 5 rings (SSSR count). The van der Waals surface area contributed by atoms with Crippen LogP contribution < -0.4 is 21.3 Å². The van der Waals surface area contributed by atoms with Crippen molar-refractivity contribution in [3.05, 3.63) is 12.2 Å². The molecule has 0 radical (unpaired) electrons. The Morgan fingerprint density at radius 3 is 1.25 bits per heavy atom. The third-order valence-electron chi connectivity index (χ3n) is 10.5. The minimum atomic E-state index is 0.0105. The van der Waals surface area contributed by atoms with E-state index in [1.54, 1.807) is 32.8 Å². The van der Waals surface area contributed by atoms with Crippen molar-refractivity contribution in [1.29, 1.82) is 0 Å². The highest BCUT2D eigenvalue weighted by molar-refractivity contribution is 9.10. The molecule has 0 aliphatic heterocycles. The number of amides is 5. The third-order valence-corrected chi connectivity index (χ3v) is 13.8. The second-order valence-corrected chi connectivity index (χ2v) is 19.0. The molecule has 5 amide bonds. The number of nitrogens with one attached hydrogen (secondary N) is 4. The molecule has 4 saturated carbocycles. The van der Waals surface area contributed by atoms with Gasteiger partial charge in [0.15, 0.2) is 0 Å². The van der Waals surface area contributed by atoms with Crippen LogP contribution in [0, 0.1) is 5.92 Å². The van der Waals surface area contributed by atoms with Gasteiger partial charge < -0.3 is 26.2 Å². The Labute approximate surface area is 348 Å². The van der Waals surface area contributed by atoms with Crippen LogP contribution in [0.5, 0.6) is 0 Å². The largest absolute Gasteiger partial charge is 0.353 e. The van der Waals surface area contributed by atoms with Gasteiger partial charge in [0.25, 0.3) is 0 Å². The topological polar surface area (TPSA) is 120 Å². The molecule has 4 fully saturated rings. The van der Waals surface area contributed by atoms with E-state index in [1.165, 1.54) is 109 Å². The molecule has 0 spiro atoms. The summed E-state index contributed by atoms with van der Waals surface area (Å²) in [6.45, 7) is 7.29. The number of carbonyl (C=O) groups is 4. The van der Waals surface area contributed by atoms with Gasteiger partial charge in [-0.1, -0.05) is 125 Å². The van der Waals surface area contributed by atoms with Crippen LogP contribution in [0.1, 0.15) is 163 Å². The van der Waals surface area contributed by atoms with E-state index in [0.717, 1.165) is 19.3 Å². The van der Waals surface area contributed by atoms with Crippen molar-refractivity contribution in [3.63, 3.8) is 0 Å². The van der Waals surface area contributed by atoms with Gasteiger partial charge in [-0.25, -0.2) is 4.79 Å². The van der Waals surface area contributed by atoms with E-state index < -0.39 is 0 Å². The van der Waals surface area contributed by atoms with Gasteiger partial charge in [0.2, 0.25) is 17.7 Å². The zero-order valence-electron chi connectivity index (χ0n) is 33.8. The smallest absolute Gasteiger partial charge is 0.317 e. The summed E-state index contributed by atoms with van der Waals surface area (Å²) >= 11 is 10.8. The van der Waals surface area contributed by atoms with Gasteiger partial charge in [0, 0.05) is 73.0 Å². The molecular formula is C41H74Br3N5O4. The number of nitrogens with zero attached hydrogens (tertiary/aromatic N) is 1. The zero-order valence-corrected chi connectivity index (χ0v) is 38.6. The summed E-state index contributed by atoms with van der Waals surface area (Å²) in [5.41, 5.74) is 0. The van der Waals surface area contributed by atoms with Crippen molar-refractivity contribution < 1.29 is 19.2 Å². The van der Waals surface area contributed by atoms with Crippen molar-refractivity contribution >= 4 is 71.5 Å². The number of carbonyl (C=O) groups excluding carboxylic acids is 4. The summed E-state index contributed by atoms with van der Waals surface area (Å²) in [4.78, 5) is 46.9. The molecule has 12 heteroatoms. The van der Waals surface area contributed by atoms with E-state index in [4.69, 9.17) is 0 Å². The molecule has 0 aromatic rings. The van der Waals surface area contributed by atoms with Gasteiger partial charge in [-0.05, 0) is 83.0 Å². The summed E-state index contributed by atoms with van der Waals surface area (Å²) in [6.07, 6.45) is 30.1. The first kappa shape index (κ1) is 49.9. The Morgan fingerprint density at radius 2 is 0.906 bits per heavy atom. The number of rotatable bonds is 5. The summed E-state index contributed by atoms with van der Waals surface area (Å²) in [5, 5.41) is 12.0. The van der Waals surface area contributed by atoms with E-state index >= 15 is 0 Å². The minimum Gasteiger partial charge on any atom is -0.353 e. The zero-order chi connectivity index (χ0) is 39.6. The van der Waals surface area contributed by atoms with Gasteiger partial charge in [0.05, 0.1) is 0 Å². The van der Waals surface area contributed by atoms with Crippen LogP contribution >= 0.6 is 47.8 Å². The summed E-state index contributed by atoms with van der Waals surface area (Å²) in [7, 11) is 3.53. The van der Waals surface area contributed by atoms with Gasteiger partial charge in [-0.15, -0.1) is 0 Å². The fourth-order valence-electron chi connectivity index (χ4n) is 7.15. The Hall–Kier alpha value is -1.14. The van der Waals surface area contributed by atoms with E-state index in [1.807, 2.05) is 6.92 Å². The molecule has 5 aliphatic rings. The number of hydrogen-bond donors (Lipinski definition) is 4. The van der Waals surface area contributed by atoms with Crippen LogP contribution in [0.3, 0.4) is 0 Å². The van der Waals surface area contributed by atoms with Crippen LogP contribution in [0.2, 0.25) is 0 Å². The van der Waals surface area contributed by atoms with E-state index in [-0.39, 0.29) is 23.8 Å². The Balaban J connectivity index is 0.000000336. The number of allylic oxidation sites excluding steroid dienone is 2. The van der Waals surface area contributed by atoms with E-state index in [9.17, 15) is 19.2 Å². The molecule has 0 unspecified atom stereocenters. The third kappa shape index (κ3) is 24.2. The monoisotopic (exact) mass is 937 g/mol. The second kappa shape index (κ2) is 30.1. The van der Waals surface area contributed by atoms with Crippen molar-refractivity contribution in [2.75, 3.05) is 14.1 Å². The molecule has 0 saturated heterocycles. The van der Waals surface area contributed by atoms with Crippen molar-refractivity contribution in [1.82, 2.24) is 26.2 Å². The summed E-state index contributed by atoms with van der Waals surface area (Å²) < 4.78 is 0. The van der Waals surface area contributed by atoms with Gasteiger partial charge in [0.1, 0.15) is 0 Å². The standard InChI is InChI=1S/C9H17BrN2O.C9H16BrNO.C9H17NO.C8H14BrNO.C6H10/c1-12(2)9(13)11-8-6-4-3-5-7(8)10;1-2-9(12)11-8-6-4-3-5-7(8)10;1-7-5-3-4-6-9(7)10-8(2)11;1-6(11)10-8-5-3-2-4-7(8)9;1-2-4-6-5-3-1/h7-8H,3-6H2,1-2H3,(H,11,13);7-8H,2-6H2,1H3,(H,11,12);7,9H,3-6H2,1-2H3,(H,10,11);7-8H,2-5H2,1H3,(H,10,11);1-2H,3-6H2/t2*7-,8-;7-,9-;7-,8-;/m0000./s1. The first-order valence-corrected chi connectivity index (χ1v) is 23.4. The lowest BCUT2D eigenvalue weighted by Crippen LogP contribution is -2.46. The fraction of sp³-hybridized carbons (Fsp3) is 0.854. The summed E-state index contributed by atoms with van der Waals surface area (Å²) in [5.74, 6) is 1.05. The molecule has 308 valence electrons. The molecule has 9 nitrogen and oxygen atoms in total. The molecule has 0 aromatic heterocycles. The lowest BCUT2D eigenvalue weighted by atomic mass is 9.86. The van der Waals surface area contributed by atoms with Crippen LogP contribution in [-0.2, 0) is 14.4 Å². The molecule has 5 aliphatic carbocycles. The number of urea groups is 1. The van der Waals surface area contributed by atoms with Gasteiger partial charge >= 0.3 is 6.03 Å². The van der Waals surface area contributed by atoms with Crippen molar-refractivity contribution in [3.8, 4) is 0 Å². The maximum Gasteiger partial charge on any atom is 0.317 e. The maximum absolute atomic E-state index is 11.4. The van der Waals surface area contributed by atoms with Crippen LogP contribution in [0.15, 0.2) is 12.2 Å². The first-order chi connectivity index (χ1) is 25.2. The maximum atomic E-state index is 11.4. The highest BCUT2D eigenvalue weighted by Gasteiger charge is 2.26. The second-order valence-electron chi connectivity index (χ2n) is 15.5. The van der Waals surface area contributed by atoms with Gasteiger partial charge in [-0.3, -0.25) is 14.4 Å². The van der Waals surface area contributed by atoms with Gasteiger partial charge in [-0.2, -0.15) is 0 Å². The predicted molar refractivity (Wildman–Crippen MR) is 232 cm³/mol. The molecule has 0 bridgehead atoms. The van der Waals surface area contributed by atoms with Crippen molar-refractivity contribution in [2.24, 2.45) is 5.92 Å². The SMILES string of the molecule is C1=CCCCC1.CC(=O)N[C@H]1CCCC[C@@H]1Br.CC(=O)N[C@H]1CCCC[C@@H]1C.CCC(=O)N[C@H]1CCCC[C@@H]1Br.CN(C)C(=O)N[C@H]1CCCC[C@@H]1Br. The lowest BCUT2D eigenvalue weighted by molar-refractivity contribution is -0.122. The highest BCUT2D eigenvalue weighted by atomic mass is 79.9. The van der Waals surface area contributed by atoms with Crippen LogP contribution in [0.4, 0.5) is 4.79 Å². The Kier molecular flexibility index (Phi) is 28.3. The van der Waals surface area contributed by atoms with E-state index in [0.29, 0.717) is 51.0 Å². The molecule has 53 heavy (non-hydrogen) atoms. The number of halogens is 3. The molecule has 0 heterocycles. The fourth-order valence-corrected chi connectivity index (χ4v) is 9.31. The van der Waals surface area contributed by atoms with Crippen molar-refractivity contribution in [2.45, 2.75) is 201 Å². The molecule has 0 aromatic carbocycles. The first-order valence-electron chi connectivity index (χ1n) is 20.6. The van der Waals surface area contributed by atoms with E-state index in [2.05, 4.69) is 88.1 Å². The normalized spacial score (nSPS) is 29.2. The van der Waals surface area contributed by atoms with Crippen LogP contribution in [-0.4, -0.2) is 81.4 Å². The molecule has 8 atom stereocenters. The molecular weight excluding hydrogens is 866 g/mol. The average molecular weight is 941 g/mol. The molecule has 4 N–H and O–H groups in total. The Morgan fingerprint density at radius 1 is 0.547 bits per heavy atom. The van der Waals surface area contributed by atoms with Crippen LogP contribution in [0.25, 0.3) is 0 Å². The number of hydrogen-bond acceptors (Lipinski definition) is 4. The lowest BCUT2D eigenvalue weighted by Gasteiger charge is -2.29. The predicted octanol–water partition coefficient (Wildman–Crippen LogP) is 9.83. The number of alkyl halides is 3. The minimum absolute atomic E-state index is 0.0105. The summed E-state index contributed by atoms with van der Waals surface area (Å²) in [6, 6.07) is 1.49. The highest BCUT2D eigenvalue weighted by Crippen LogP contribution is 2.26. The Bertz CT molecular complexity index is 1020. The average Bonchev–Trinajstić information content (AvgIpc) is 3.13.